The number of alkyl halides is 3. The first-order valence-electron chi connectivity index (χ1n) is 8.36. The number of benzene rings is 1. The zero-order valence-corrected chi connectivity index (χ0v) is 15.0. The second-order valence-electron chi connectivity index (χ2n) is 6.26. The smallest absolute Gasteiger partial charge is 0.328 e. The molecule has 6 nitrogen and oxygen atoms in total. The van der Waals surface area contributed by atoms with Gasteiger partial charge in [-0.1, -0.05) is 18.2 Å². The van der Waals surface area contributed by atoms with Gasteiger partial charge in [0.2, 0.25) is 0 Å². The van der Waals surface area contributed by atoms with Crippen LogP contribution in [-0.4, -0.2) is 27.9 Å². The van der Waals surface area contributed by atoms with E-state index in [1.165, 1.54) is 24.2 Å². The molecule has 28 heavy (non-hydrogen) atoms. The summed E-state index contributed by atoms with van der Waals surface area (Å²) in [4.78, 5) is 31.7. The average molecular weight is 390 g/mol. The number of aromatic nitrogens is 2. The van der Waals surface area contributed by atoms with E-state index in [2.05, 4.69) is 15.3 Å². The molecule has 2 N–H and O–H groups in total. The number of nitrogens with zero attached hydrogens (tertiary/aromatic N) is 2. The van der Waals surface area contributed by atoms with Gasteiger partial charge in [-0.05, 0) is 36.1 Å². The zero-order valence-electron chi connectivity index (χ0n) is 15.0. The zero-order chi connectivity index (χ0) is 20.5. The topological polar surface area (TPSA) is 78.1 Å². The summed E-state index contributed by atoms with van der Waals surface area (Å²) in [5, 5.41) is 3.63. The Morgan fingerprint density at radius 3 is 2.57 bits per heavy atom. The summed E-state index contributed by atoms with van der Waals surface area (Å²) in [6, 6.07) is 7.98. The van der Waals surface area contributed by atoms with Crippen LogP contribution in [0.5, 0.6) is 0 Å². The van der Waals surface area contributed by atoms with Gasteiger partial charge in [-0.2, -0.15) is 13.2 Å². The standard InChI is InChI=1S/C19H17F3N4O2/c1-11(15-10-24-17(27)14-6-4-3-5-13(14)15)26(2)18(28)25-12-7-8-23-16(9-12)19(20,21)22/h3-11H,1-2H3,(H,24,27)(H,23,25,28)/t11-/m1/s1. The van der Waals surface area contributed by atoms with Gasteiger partial charge < -0.3 is 15.2 Å². The molecule has 0 spiro atoms. The van der Waals surface area contributed by atoms with E-state index in [1.54, 1.807) is 31.2 Å². The van der Waals surface area contributed by atoms with Crippen molar-refractivity contribution in [2.75, 3.05) is 12.4 Å². The minimum absolute atomic E-state index is 0.0160. The highest BCUT2D eigenvalue weighted by Crippen LogP contribution is 2.29. The Labute approximate surface area is 158 Å². The van der Waals surface area contributed by atoms with Crippen molar-refractivity contribution in [3.05, 3.63) is 70.4 Å². The van der Waals surface area contributed by atoms with Gasteiger partial charge in [-0.15, -0.1) is 0 Å². The van der Waals surface area contributed by atoms with Crippen molar-refractivity contribution in [2.24, 2.45) is 0 Å². The fourth-order valence-corrected chi connectivity index (χ4v) is 2.84. The highest BCUT2D eigenvalue weighted by molar-refractivity contribution is 5.90. The number of carbonyl (C=O) groups is 1. The summed E-state index contributed by atoms with van der Waals surface area (Å²) in [5.41, 5.74) is -0.640. The van der Waals surface area contributed by atoms with Gasteiger partial charge >= 0.3 is 12.2 Å². The summed E-state index contributed by atoms with van der Waals surface area (Å²) in [6.07, 6.45) is -2.08. The van der Waals surface area contributed by atoms with Crippen molar-refractivity contribution < 1.29 is 18.0 Å². The minimum Gasteiger partial charge on any atom is -0.328 e. The number of nitrogens with one attached hydrogen (secondary N) is 2. The van der Waals surface area contributed by atoms with E-state index in [0.717, 1.165) is 12.3 Å². The molecule has 0 aliphatic heterocycles. The van der Waals surface area contributed by atoms with E-state index in [-0.39, 0.29) is 11.2 Å². The number of pyridine rings is 2. The Bertz CT molecular complexity index is 1080. The minimum atomic E-state index is -4.60. The number of carbonyl (C=O) groups excluding carboxylic acids is 1. The summed E-state index contributed by atoms with van der Waals surface area (Å²) < 4.78 is 38.3. The van der Waals surface area contributed by atoms with Crippen molar-refractivity contribution in [2.45, 2.75) is 19.1 Å². The molecular formula is C19H17F3N4O2. The van der Waals surface area contributed by atoms with Crippen LogP contribution in [0.3, 0.4) is 0 Å². The predicted octanol–water partition coefficient (Wildman–Crippen LogP) is 4.17. The number of fused-ring (bicyclic) bond motifs is 1. The largest absolute Gasteiger partial charge is 0.433 e. The number of amides is 2. The Balaban J connectivity index is 1.85. The van der Waals surface area contributed by atoms with Crippen LogP contribution in [0.15, 0.2) is 53.6 Å². The molecule has 0 bridgehead atoms. The fraction of sp³-hybridized carbons (Fsp3) is 0.211. The average Bonchev–Trinajstić information content (AvgIpc) is 2.67. The third-order valence-electron chi connectivity index (χ3n) is 4.49. The molecular weight excluding hydrogens is 373 g/mol. The Hall–Kier alpha value is -3.36. The molecule has 2 aromatic heterocycles. The molecule has 1 atom stereocenters. The van der Waals surface area contributed by atoms with Gasteiger partial charge in [-0.25, -0.2) is 4.79 Å². The van der Waals surface area contributed by atoms with E-state index in [1.807, 2.05) is 0 Å². The number of H-pyrrole nitrogens is 1. The number of anilines is 1. The molecule has 0 saturated heterocycles. The lowest BCUT2D eigenvalue weighted by molar-refractivity contribution is -0.141. The molecule has 3 aromatic rings. The van der Waals surface area contributed by atoms with E-state index in [9.17, 15) is 22.8 Å². The third kappa shape index (κ3) is 3.83. The second kappa shape index (κ2) is 7.34. The van der Waals surface area contributed by atoms with Gasteiger partial charge in [-0.3, -0.25) is 9.78 Å². The van der Waals surface area contributed by atoms with Gasteiger partial charge in [0, 0.05) is 30.5 Å². The van der Waals surface area contributed by atoms with E-state index in [4.69, 9.17) is 0 Å². The van der Waals surface area contributed by atoms with E-state index >= 15 is 0 Å². The number of aromatic amines is 1. The monoisotopic (exact) mass is 390 g/mol. The fourth-order valence-electron chi connectivity index (χ4n) is 2.84. The first-order valence-corrected chi connectivity index (χ1v) is 8.36. The maximum Gasteiger partial charge on any atom is 0.433 e. The molecule has 0 aliphatic rings. The number of hydrogen-bond donors (Lipinski definition) is 2. The molecule has 1 aromatic carbocycles. The molecule has 0 fully saturated rings. The predicted molar refractivity (Wildman–Crippen MR) is 99.0 cm³/mol. The van der Waals surface area contributed by atoms with Crippen LogP contribution < -0.4 is 10.9 Å². The number of urea groups is 1. The van der Waals surface area contributed by atoms with Gasteiger partial charge in [0.25, 0.3) is 5.56 Å². The highest BCUT2D eigenvalue weighted by Gasteiger charge is 2.32. The van der Waals surface area contributed by atoms with Gasteiger partial charge in [0.1, 0.15) is 5.69 Å². The summed E-state index contributed by atoms with van der Waals surface area (Å²) in [7, 11) is 1.52. The summed E-state index contributed by atoms with van der Waals surface area (Å²) >= 11 is 0. The maximum absolute atomic E-state index is 12.8. The van der Waals surface area contributed by atoms with Gasteiger partial charge in [0.05, 0.1) is 6.04 Å². The maximum atomic E-state index is 12.8. The van der Waals surface area contributed by atoms with Crippen LogP contribution in [0.4, 0.5) is 23.7 Å². The van der Waals surface area contributed by atoms with Crippen LogP contribution >= 0.6 is 0 Å². The molecule has 9 heteroatoms. The Morgan fingerprint density at radius 2 is 1.89 bits per heavy atom. The molecule has 146 valence electrons. The Morgan fingerprint density at radius 1 is 1.21 bits per heavy atom. The second-order valence-corrected chi connectivity index (χ2v) is 6.26. The molecule has 3 rings (SSSR count). The van der Waals surface area contributed by atoms with Crippen molar-refractivity contribution in [1.82, 2.24) is 14.9 Å². The molecule has 0 unspecified atom stereocenters. The molecule has 2 amide bonds. The third-order valence-corrected chi connectivity index (χ3v) is 4.49. The molecule has 0 radical (unpaired) electrons. The molecule has 0 saturated carbocycles. The van der Waals surface area contributed by atoms with E-state index in [0.29, 0.717) is 16.3 Å². The van der Waals surface area contributed by atoms with Crippen LogP contribution in [0.2, 0.25) is 0 Å². The normalized spacial score (nSPS) is 12.6. The van der Waals surface area contributed by atoms with Crippen molar-refractivity contribution >= 4 is 22.5 Å². The summed E-state index contributed by atoms with van der Waals surface area (Å²) in [6.45, 7) is 1.76. The first kappa shape index (κ1) is 19.4. The lowest BCUT2D eigenvalue weighted by Gasteiger charge is -2.26. The SMILES string of the molecule is C[C@H](c1c[nH]c(=O)c2ccccc12)N(C)C(=O)Nc1ccnc(C(F)(F)F)c1. The lowest BCUT2D eigenvalue weighted by Crippen LogP contribution is -2.34. The van der Waals surface area contributed by atoms with Crippen molar-refractivity contribution in [1.29, 1.82) is 0 Å². The lowest BCUT2D eigenvalue weighted by atomic mass is 10.0. The number of hydrogen-bond acceptors (Lipinski definition) is 3. The van der Waals surface area contributed by atoms with Gasteiger partial charge in [0.15, 0.2) is 0 Å². The first-order chi connectivity index (χ1) is 13.2. The number of halogens is 3. The molecule has 0 aliphatic carbocycles. The van der Waals surface area contributed by atoms with Crippen LogP contribution in [0.25, 0.3) is 10.8 Å². The van der Waals surface area contributed by atoms with Crippen LogP contribution in [0, 0.1) is 0 Å². The van der Waals surface area contributed by atoms with Crippen molar-refractivity contribution in [3.8, 4) is 0 Å². The quantitative estimate of drug-likeness (QED) is 0.705. The number of rotatable bonds is 3. The van der Waals surface area contributed by atoms with Crippen LogP contribution in [-0.2, 0) is 6.18 Å². The van der Waals surface area contributed by atoms with Crippen molar-refractivity contribution in [3.63, 3.8) is 0 Å². The van der Waals surface area contributed by atoms with Crippen LogP contribution in [0.1, 0.15) is 24.2 Å². The summed E-state index contributed by atoms with van der Waals surface area (Å²) in [5.74, 6) is 0. The molecule has 2 heterocycles. The van der Waals surface area contributed by atoms with E-state index < -0.39 is 23.9 Å². The highest BCUT2D eigenvalue weighted by atomic mass is 19.4. The Kier molecular flexibility index (Phi) is 5.08.